The Labute approximate surface area is 135 Å². The highest BCUT2D eigenvalue weighted by Gasteiger charge is 2.18. The van der Waals surface area contributed by atoms with E-state index in [9.17, 15) is 4.79 Å². The lowest BCUT2D eigenvalue weighted by atomic mass is 10.2. The van der Waals surface area contributed by atoms with Crippen LogP contribution in [0.3, 0.4) is 0 Å². The lowest BCUT2D eigenvalue weighted by Crippen LogP contribution is -2.12. The van der Waals surface area contributed by atoms with Crippen molar-refractivity contribution in [2.75, 3.05) is 0 Å². The summed E-state index contributed by atoms with van der Waals surface area (Å²) in [5, 5.41) is 9.42. The molecule has 0 fully saturated rings. The second-order valence-electron chi connectivity index (χ2n) is 5.36. The molecule has 22 heavy (non-hydrogen) atoms. The standard InChI is InChI=1S/C17H21ClN2O2/c1-2-3-5-10-15-19-17(18)14(11-16(21)22)20(15)12-13-8-6-4-7-9-13/h4,6-9H,2-3,5,10-12H2,1H3,(H,21,22). The van der Waals surface area contributed by atoms with Gasteiger partial charge in [0.25, 0.3) is 0 Å². The first kappa shape index (κ1) is 16.6. The first-order valence-corrected chi connectivity index (χ1v) is 7.99. The van der Waals surface area contributed by atoms with Gasteiger partial charge in [0.15, 0.2) is 5.15 Å². The molecule has 1 N–H and O–H groups in total. The number of benzene rings is 1. The fourth-order valence-electron chi connectivity index (χ4n) is 2.49. The quantitative estimate of drug-likeness (QED) is 0.749. The van der Waals surface area contributed by atoms with Gasteiger partial charge < -0.3 is 9.67 Å². The van der Waals surface area contributed by atoms with Crippen LogP contribution in [0.5, 0.6) is 0 Å². The molecule has 0 atom stereocenters. The van der Waals surface area contributed by atoms with Crippen LogP contribution in [0, 0.1) is 0 Å². The van der Waals surface area contributed by atoms with Crippen LogP contribution in [0.1, 0.15) is 43.3 Å². The Morgan fingerprint density at radius 3 is 2.64 bits per heavy atom. The summed E-state index contributed by atoms with van der Waals surface area (Å²) < 4.78 is 1.96. The number of carboxylic acids is 1. The summed E-state index contributed by atoms with van der Waals surface area (Å²) in [4.78, 5) is 15.5. The van der Waals surface area contributed by atoms with E-state index in [1.807, 2.05) is 34.9 Å². The Morgan fingerprint density at radius 2 is 2.00 bits per heavy atom. The molecule has 0 aliphatic carbocycles. The highest BCUT2D eigenvalue weighted by molar-refractivity contribution is 6.30. The number of hydrogen-bond donors (Lipinski definition) is 1. The van der Waals surface area contributed by atoms with Crippen molar-refractivity contribution in [2.45, 2.75) is 45.6 Å². The highest BCUT2D eigenvalue weighted by atomic mass is 35.5. The summed E-state index contributed by atoms with van der Waals surface area (Å²) in [6.07, 6.45) is 4.01. The zero-order chi connectivity index (χ0) is 15.9. The van der Waals surface area contributed by atoms with Crippen molar-refractivity contribution < 1.29 is 9.90 Å². The smallest absolute Gasteiger partial charge is 0.309 e. The third-order valence-electron chi connectivity index (χ3n) is 3.61. The van der Waals surface area contributed by atoms with Gasteiger partial charge in [0.05, 0.1) is 12.1 Å². The highest BCUT2D eigenvalue weighted by Crippen LogP contribution is 2.21. The molecule has 0 aliphatic heterocycles. The molecule has 0 aliphatic rings. The van der Waals surface area contributed by atoms with Gasteiger partial charge in [-0.2, -0.15) is 0 Å². The van der Waals surface area contributed by atoms with E-state index < -0.39 is 5.97 Å². The largest absolute Gasteiger partial charge is 0.481 e. The lowest BCUT2D eigenvalue weighted by molar-refractivity contribution is -0.136. The Balaban J connectivity index is 2.30. The topological polar surface area (TPSA) is 55.1 Å². The minimum absolute atomic E-state index is 0.105. The molecule has 1 aromatic heterocycles. The van der Waals surface area contributed by atoms with Gasteiger partial charge in [-0.15, -0.1) is 0 Å². The molecule has 0 amide bonds. The van der Waals surface area contributed by atoms with Crippen LogP contribution in [0.2, 0.25) is 5.15 Å². The number of hydrogen-bond acceptors (Lipinski definition) is 2. The second-order valence-corrected chi connectivity index (χ2v) is 5.72. The summed E-state index contributed by atoms with van der Waals surface area (Å²) in [5.41, 5.74) is 1.70. The number of aryl methyl sites for hydroxylation is 1. The van der Waals surface area contributed by atoms with E-state index in [1.54, 1.807) is 0 Å². The van der Waals surface area contributed by atoms with Crippen LogP contribution in [0.25, 0.3) is 0 Å². The molecule has 0 saturated carbocycles. The Morgan fingerprint density at radius 1 is 1.27 bits per heavy atom. The third-order valence-corrected chi connectivity index (χ3v) is 3.91. The average Bonchev–Trinajstić information content (AvgIpc) is 2.77. The fraction of sp³-hybridized carbons (Fsp3) is 0.412. The molecule has 118 valence electrons. The van der Waals surface area contributed by atoms with Crippen molar-refractivity contribution >= 4 is 17.6 Å². The van der Waals surface area contributed by atoms with E-state index in [2.05, 4.69) is 11.9 Å². The number of carbonyl (C=O) groups is 1. The molecule has 2 aromatic rings. The van der Waals surface area contributed by atoms with Crippen molar-refractivity contribution in [1.82, 2.24) is 9.55 Å². The molecule has 0 bridgehead atoms. The van der Waals surface area contributed by atoms with Crippen molar-refractivity contribution in [2.24, 2.45) is 0 Å². The van der Waals surface area contributed by atoms with Gasteiger partial charge in [-0.1, -0.05) is 61.7 Å². The maximum absolute atomic E-state index is 11.1. The van der Waals surface area contributed by atoms with Crippen LogP contribution < -0.4 is 0 Å². The third kappa shape index (κ3) is 4.34. The zero-order valence-corrected chi connectivity index (χ0v) is 13.5. The number of unbranched alkanes of at least 4 members (excludes halogenated alkanes) is 2. The van der Waals surface area contributed by atoms with Gasteiger partial charge in [0.2, 0.25) is 0 Å². The van der Waals surface area contributed by atoms with Crippen LogP contribution in [0.4, 0.5) is 0 Å². The van der Waals surface area contributed by atoms with Crippen molar-refractivity contribution in [3.63, 3.8) is 0 Å². The molecule has 0 radical (unpaired) electrons. The molecule has 4 nitrogen and oxygen atoms in total. The SMILES string of the molecule is CCCCCc1nc(Cl)c(CC(=O)O)n1Cc1ccccc1. The summed E-state index contributed by atoms with van der Waals surface area (Å²) >= 11 is 6.18. The number of imidazole rings is 1. The molecule has 0 spiro atoms. The van der Waals surface area contributed by atoms with Crippen molar-refractivity contribution in [1.29, 1.82) is 0 Å². The zero-order valence-electron chi connectivity index (χ0n) is 12.8. The predicted molar refractivity (Wildman–Crippen MR) is 87.3 cm³/mol. The van der Waals surface area contributed by atoms with Gasteiger partial charge >= 0.3 is 5.97 Å². The van der Waals surface area contributed by atoms with Gasteiger partial charge in [-0.25, -0.2) is 4.98 Å². The number of rotatable bonds is 8. The van der Waals surface area contributed by atoms with Crippen molar-refractivity contribution in [3.8, 4) is 0 Å². The number of aromatic nitrogens is 2. The Bertz CT molecular complexity index is 623. The molecule has 1 aromatic carbocycles. The summed E-state index contributed by atoms with van der Waals surface area (Å²) in [6, 6.07) is 9.95. The summed E-state index contributed by atoms with van der Waals surface area (Å²) in [5.74, 6) is -0.0187. The number of carboxylic acid groups (broad SMARTS) is 1. The van der Waals surface area contributed by atoms with Crippen molar-refractivity contribution in [3.05, 3.63) is 52.6 Å². The predicted octanol–water partition coefficient (Wildman–Crippen LogP) is 3.94. The molecule has 2 rings (SSSR count). The average molecular weight is 321 g/mol. The van der Waals surface area contributed by atoms with Gasteiger partial charge in [0.1, 0.15) is 5.82 Å². The van der Waals surface area contributed by atoms with Crippen LogP contribution in [-0.4, -0.2) is 20.6 Å². The van der Waals surface area contributed by atoms with E-state index in [1.165, 1.54) is 0 Å². The van der Waals surface area contributed by atoms with Gasteiger partial charge in [-0.3, -0.25) is 4.79 Å². The first-order chi connectivity index (χ1) is 10.6. The second kappa shape index (κ2) is 7.99. The molecular weight excluding hydrogens is 300 g/mol. The maximum atomic E-state index is 11.1. The van der Waals surface area contributed by atoms with Gasteiger partial charge in [-0.05, 0) is 12.0 Å². The summed E-state index contributed by atoms with van der Waals surface area (Å²) in [7, 11) is 0. The number of halogens is 1. The fourth-order valence-corrected chi connectivity index (χ4v) is 2.76. The molecular formula is C17H21ClN2O2. The van der Waals surface area contributed by atoms with E-state index in [0.29, 0.717) is 17.4 Å². The van der Waals surface area contributed by atoms with E-state index in [4.69, 9.17) is 16.7 Å². The van der Waals surface area contributed by atoms with Crippen LogP contribution in [-0.2, 0) is 24.2 Å². The Hall–Kier alpha value is -1.81. The maximum Gasteiger partial charge on any atom is 0.309 e. The monoisotopic (exact) mass is 320 g/mol. The minimum Gasteiger partial charge on any atom is -0.481 e. The van der Waals surface area contributed by atoms with E-state index in [-0.39, 0.29) is 6.42 Å². The van der Waals surface area contributed by atoms with E-state index in [0.717, 1.165) is 37.1 Å². The van der Waals surface area contributed by atoms with Gasteiger partial charge in [0, 0.05) is 13.0 Å². The molecule has 0 saturated heterocycles. The van der Waals surface area contributed by atoms with Crippen LogP contribution in [0.15, 0.2) is 30.3 Å². The number of nitrogens with zero attached hydrogens (tertiary/aromatic N) is 2. The van der Waals surface area contributed by atoms with Crippen LogP contribution >= 0.6 is 11.6 Å². The number of aliphatic carboxylic acids is 1. The molecule has 0 unspecified atom stereocenters. The Kier molecular flexibility index (Phi) is 6.01. The molecule has 5 heteroatoms. The summed E-state index contributed by atoms with van der Waals surface area (Å²) in [6.45, 7) is 2.75. The first-order valence-electron chi connectivity index (χ1n) is 7.61. The normalized spacial score (nSPS) is 10.8. The lowest BCUT2D eigenvalue weighted by Gasteiger charge is -2.11. The molecule has 1 heterocycles. The minimum atomic E-state index is -0.892. The van der Waals surface area contributed by atoms with E-state index >= 15 is 0 Å².